The molecule has 1 saturated carbocycles. The molecule has 0 aromatic rings. The monoisotopic (exact) mass is 226 g/mol. The number of carbonyl (C=O) groups is 1. The van der Waals surface area contributed by atoms with Gasteiger partial charge in [-0.1, -0.05) is 19.8 Å². The van der Waals surface area contributed by atoms with Crippen molar-refractivity contribution in [2.24, 2.45) is 11.8 Å². The lowest BCUT2D eigenvalue weighted by Crippen LogP contribution is -2.29. The third-order valence-corrected chi connectivity index (χ3v) is 3.38. The summed E-state index contributed by atoms with van der Waals surface area (Å²) in [7, 11) is 0. The second kappa shape index (κ2) is 7.66. The van der Waals surface area contributed by atoms with Gasteiger partial charge >= 0.3 is 0 Å². The van der Waals surface area contributed by atoms with Crippen molar-refractivity contribution in [1.29, 1.82) is 0 Å². The van der Waals surface area contributed by atoms with Gasteiger partial charge in [0.25, 0.3) is 0 Å². The van der Waals surface area contributed by atoms with E-state index in [2.05, 4.69) is 17.6 Å². The average molecular weight is 226 g/mol. The first-order valence-electron chi connectivity index (χ1n) is 6.63. The molecule has 1 aliphatic rings. The fourth-order valence-electron chi connectivity index (χ4n) is 2.53. The molecule has 0 spiro atoms. The lowest BCUT2D eigenvalue weighted by Gasteiger charge is -2.26. The minimum absolute atomic E-state index is 0.0705. The van der Waals surface area contributed by atoms with Crippen molar-refractivity contribution in [3.8, 4) is 0 Å². The van der Waals surface area contributed by atoms with Crippen LogP contribution >= 0.6 is 0 Å². The average Bonchev–Trinajstić information content (AvgIpc) is 2.23. The van der Waals surface area contributed by atoms with Gasteiger partial charge in [-0.2, -0.15) is 0 Å². The summed E-state index contributed by atoms with van der Waals surface area (Å²) in [5.74, 6) is 1.87. The molecule has 0 bridgehead atoms. The van der Waals surface area contributed by atoms with Crippen molar-refractivity contribution in [3.63, 3.8) is 0 Å². The zero-order valence-electron chi connectivity index (χ0n) is 10.7. The maximum Gasteiger partial charge on any atom is 0.216 e. The third-order valence-electron chi connectivity index (χ3n) is 3.38. The van der Waals surface area contributed by atoms with E-state index in [9.17, 15) is 4.79 Å². The Labute approximate surface area is 99.4 Å². The molecular weight excluding hydrogens is 200 g/mol. The molecule has 2 unspecified atom stereocenters. The summed E-state index contributed by atoms with van der Waals surface area (Å²) in [6, 6.07) is 0. The Kier molecular flexibility index (Phi) is 6.46. The van der Waals surface area contributed by atoms with Gasteiger partial charge in [0.2, 0.25) is 5.91 Å². The second-order valence-electron chi connectivity index (χ2n) is 5.18. The van der Waals surface area contributed by atoms with Gasteiger partial charge in [-0.25, -0.2) is 0 Å². The Bertz CT molecular complexity index is 206. The van der Waals surface area contributed by atoms with E-state index in [0.717, 1.165) is 37.9 Å². The molecular formula is C13H26N2O. The minimum Gasteiger partial charge on any atom is -0.356 e. The molecule has 3 nitrogen and oxygen atoms in total. The largest absolute Gasteiger partial charge is 0.356 e. The molecule has 1 rings (SSSR count). The van der Waals surface area contributed by atoms with Crippen molar-refractivity contribution in [3.05, 3.63) is 0 Å². The van der Waals surface area contributed by atoms with Crippen LogP contribution in [-0.2, 0) is 4.79 Å². The first-order valence-corrected chi connectivity index (χ1v) is 6.63. The van der Waals surface area contributed by atoms with Crippen LogP contribution in [0.5, 0.6) is 0 Å². The molecule has 94 valence electrons. The van der Waals surface area contributed by atoms with E-state index in [0.29, 0.717) is 0 Å². The molecule has 0 heterocycles. The van der Waals surface area contributed by atoms with E-state index in [1.165, 1.54) is 25.7 Å². The van der Waals surface area contributed by atoms with E-state index in [-0.39, 0.29) is 5.91 Å². The Morgan fingerprint density at radius 1 is 1.31 bits per heavy atom. The number of carbonyl (C=O) groups excluding carboxylic acids is 1. The first kappa shape index (κ1) is 13.5. The molecule has 1 fully saturated rings. The number of hydrogen-bond acceptors (Lipinski definition) is 2. The van der Waals surface area contributed by atoms with Crippen LogP contribution in [0.2, 0.25) is 0 Å². The van der Waals surface area contributed by atoms with Crippen molar-refractivity contribution < 1.29 is 4.79 Å². The Balaban J connectivity index is 1.92. The molecule has 0 saturated heterocycles. The smallest absolute Gasteiger partial charge is 0.216 e. The van der Waals surface area contributed by atoms with Gasteiger partial charge in [0.1, 0.15) is 0 Å². The first-order chi connectivity index (χ1) is 7.68. The van der Waals surface area contributed by atoms with Crippen LogP contribution in [0.15, 0.2) is 0 Å². The zero-order valence-corrected chi connectivity index (χ0v) is 10.7. The highest BCUT2D eigenvalue weighted by Gasteiger charge is 2.17. The molecule has 2 N–H and O–H groups in total. The van der Waals surface area contributed by atoms with Crippen LogP contribution in [0, 0.1) is 11.8 Å². The molecule has 1 amide bonds. The molecule has 0 radical (unpaired) electrons. The summed E-state index contributed by atoms with van der Waals surface area (Å²) >= 11 is 0. The predicted molar refractivity (Wildman–Crippen MR) is 67.3 cm³/mol. The number of hydrogen-bond donors (Lipinski definition) is 2. The van der Waals surface area contributed by atoms with Gasteiger partial charge in [-0.05, 0) is 44.2 Å². The van der Waals surface area contributed by atoms with Gasteiger partial charge in [0.05, 0.1) is 0 Å². The van der Waals surface area contributed by atoms with Gasteiger partial charge in [-0.15, -0.1) is 0 Å². The summed E-state index contributed by atoms with van der Waals surface area (Å²) in [6.45, 7) is 6.90. The summed E-state index contributed by atoms with van der Waals surface area (Å²) < 4.78 is 0. The Morgan fingerprint density at radius 3 is 2.81 bits per heavy atom. The lowest BCUT2D eigenvalue weighted by atomic mass is 9.82. The summed E-state index contributed by atoms with van der Waals surface area (Å²) in [4.78, 5) is 10.6. The number of nitrogens with one attached hydrogen (secondary N) is 2. The van der Waals surface area contributed by atoms with E-state index in [1.807, 2.05) is 0 Å². The quantitative estimate of drug-likeness (QED) is 0.679. The van der Waals surface area contributed by atoms with Crippen LogP contribution in [0.1, 0.15) is 46.0 Å². The topological polar surface area (TPSA) is 41.1 Å². The Hall–Kier alpha value is -0.570. The SMILES string of the molecule is CC(=O)NCCCNCC1CCCC(C)C1. The van der Waals surface area contributed by atoms with Crippen molar-refractivity contribution in [2.75, 3.05) is 19.6 Å². The van der Waals surface area contributed by atoms with E-state index < -0.39 is 0 Å². The molecule has 3 heteroatoms. The number of rotatable bonds is 6. The van der Waals surface area contributed by atoms with E-state index in [4.69, 9.17) is 0 Å². The molecule has 2 atom stereocenters. The maximum absolute atomic E-state index is 10.6. The normalized spacial score (nSPS) is 25.4. The maximum atomic E-state index is 10.6. The van der Waals surface area contributed by atoms with Crippen molar-refractivity contribution in [2.45, 2.75) is 46.0 Å². The number of amides is 1. The second-order valence-corrected chi connectivity index (χ2v) is 5.18. The lowest BCUT2D eigenvalue weighted by molar-refractivity contribution is -0.118. The summed E-state index contributed by atoms with van der Waals surface area (Å²) in [6.07, 6.45) is 6.63. The summed E-state index contributed by atoms with van der Waals surface area (Å²) in [5, 5.41) is 6.31. The predicted octanol–water partition coefficient (Wildman–Crippen LogP) is 1.93. The van der Waals surface area contributed by atoms with Crippen LogP contribution in [0.3, 0.4) is 0 Å². The van der Waals surface area contributed by atoms with Crippen LogP contribution in [0.4, 0.5) is 0 Å². The van der Waals surface area contributed by atoms with Crippen LogP contribution in [-0.4, -0.2) is 25.5 Å². The van der Waals surface area contributed by atoms with Crippen LogP contribution < -0.4 is 10.6 Å². The Morgan fingerprint density at radius 2 is 2.12 bits per heavy atom. The standard InChI is InChI=1S/C13H26N2O/c1-11-5-3-6-13(9-11)10-14-7-4-8-15-12(2)16/h11,13-14H,3-10H2,1-2H3,(H,15,16). The third kappa shape index (κ3) is 6.11. The molecule has 0 aliphatic heterocycles. The molecule has 1 aliphatic carbocycles. The minimum atomic E-state index is 0.0705. The highest BCUT2D eigenvalue weighted by atomic mass is 16.1. The van der Waals surface area contributed by atoms with Gasteiger partial charge in [-0.3, -0.25) is 4.79 Å². The summed E-state index contributed by atoms with van der Waals surface area (Å²) in [5.41, 5.74) is 0. The zero-order chi connectivity index (χ0) is 11.8. The molecule has 16 heavy (non-hydrogen) atoms. The van der Waals surface area contributed by atoms with Gasteiger partial charge < -0.3 is 10.6 Å². The fraction of sp³-hybridized carbons (Fsp3) is 0.923. The van der Waals surface area contributed by atoms with E-state index >= 15 is 0 Å². The highest BCUT2D eigenvalue weighted by molar-refractivity contribution is 5.72. The highest BCUT2D eigenvalue weighted by Crippen LogP contribution is 2.27. The van der Waals surface area contributed by atoms with Crippen molar-refractivity contribution >= 4 is 5.91 Å². The van der Waals surface area contributed by atoms with Gasteiger partial charge in [0.15, 0.2) is 0 Å². The van der Waals surface area contributed by atoms with Crippen LogP contribution in [0.25, 0.3) is 0 Å². The fourth-order valence-corrected chi connectivity index (χ4v) is 2.53. The molecule has 0 aromatic heterocycles. The van der Waals surface area contributed by atoms with Crippen molar-refractivity contribution in [1.82, 2.24) is 10.6 Å². The molecule has 0 aromatic carbocycles. The van der Waals surface area contributed by atoms with E-state index in [1.54, 1.807) is 6.92 Å². The van der Waals surface area contributed by atoms with Gasteiger partial charge in [0, 0.05) is 13.5 Å².